The first-order valence-corrected chi connectivity index (χ1v) is 6.96. The Kier molecular flexibility index (Phi) is 3.68. The second kappa shape index (κ2) is 5.78. The Balaban J connectivity index is 1.68. The number of nitrogens with one attached hydrogen (secondary N) is 1. The molecule has 1 aromatic carbocycles. The third kappa shape index (κ3) is 3.10. The summed E-state index contributed by atoms with van der Waals surface area (Å²) in [4.78, 5) is 22.2. The Labute approximate surface area is 123 Å². The standard InChI is InChI=1S/C15H17N5O/c16-14-10-17-9-13(19-14)15(21)18-11-3-5-12(6-4-11)20-7-1-2-8-20/h3-6,9-10H,1-2,7-8H2,(H2,16,19)(H,18,21). The molecule has 0 atom stereocenters. The zero-order chi connectivity index (χ0) is 14.7. The number of benzene rings is 1. The molecule has 1 aliphatic rings. The summed E-state index contributed by atoms with van der Waals surface area (Å²) in [7, 11) is 0. The molecule has 3 N–H and O–H groups in total. The van der Waals surface area contributed by atoms with E-state index in [4.69, 9.17) is 5.73 Å². The number of aromatic nitrogens is 2. The van der Waals surface area contributed by atoms with Gasteiger partial charge in [-0.1, -0.05) is 0 Å². The SMILES string of the molecule is Nc1cncc(C(=O)Nc2ccc(N3CCCC3)cc2)n1. The van der Waals surface area contributed by atoms with Crippen LogP contribution in [0.5, 0.6) is 0 Å². The van der Waals surface area contributed by atoms with Gasteiger partial charge in [-0.25, -0.2) is 4.98 Å². The van der Waals surface area contributed by atoms with Crippen molar-refractivity contribution in [2.75, 3.05) is 29.0 Å². The molecule has 1 amide bonds. The molecule has 0 aliphatic carbocycles. The molecular weight excluding hydrogens is 266 g/mol. The van der Waals surface area contributed by atoms with E-state index in [0.717, 1.165) is 18.8 Å². The first kappa shape index (κ1) is 13.4. The van der Waals surface area contributed by atoms with E-state index in [1.54, 1.807) is 0 Å². The first-order valence-electron chi connectivity index (χ1n) is 6.96. The van der Waals surface area contributed by atoms with Gasteiger partial charge in [0.15, 0.2) is 0 Å². The van der Waals surface area contributed by atoms with Crippen LogP contribution >= 0.6 is 0 Å². The molecule has 108 valence electrons. The van der Waals surface area contributed by atoms with Gasteiger partial charge in [-0.2, -0.15) is 0 Å². The van der Waals surface area contributed by atoms with Gasteiger partial charge in [-0.3, -0.25) is 9.78 Å². The lowest BCUT2D eigenvalue weighted by atomic mass is 10.2. The average molecular weight is 283 g/mol. The third-order valence-electron chi connectivity index (χ3n) is 3.48. The summed E-state index contributed by atoms with van der Waals surface area (Å²) in [6.07, 6.45) is 5.28. The summed E-state index contributed by atoms with van der Waals surface area (Å²) in [5, 5.41) is 2.79. The molecule has 0 saturated carbocycles. The summed E-state index contributed by atoms with van der Waals surface area (Å²) >= 11 is 0. The van der Waals surface area contributed by atoms with Crippen LogP contribution in [0.2, 0.25) is 0 Å². The molecule has 2 heterocycles. The van der Waals surface area contributed by atoms with Crippen molar-refractivity contribution in [2.45, 2.75) is 12.8 Å². The van der Waals surface area contributed by atoms with Crippen LogP contribution in [-0.4, -0.2) is 29.0 Å². The predicted molar refractivity (Wildman–Crippen MR) is 82.3 cm³/mol. The maximum Gasteiger partial charge on any atom is 0.275 e. The lowest BCUT2D eigenvalue weighted by Gasteiger charge is -2.17. The largest absolute Gasteiger partial charge is 0.382 e. The number of amides is 1. The molecule has 2 aromatic rings. The van der Waals surface area contributed by atoms with E-state index < -0.39 is 0 Å². The second-order valence-corrected chi connectivity index (χ2v) is 5.02. The van der Waals surface area contributed by atoms with Crippen molar-refractivity contribution in [3.63, 3.8) is 0 Å². The fourth-order valence-corrected chi connectivity index (χ4v) is 2.42. The summed E-state index contributed by atoms with van der Waals surface area (Å²) in [5.74, 6) is -0.0873. The van der Waals surface area contributed by atoms with Crippen LogP contribution in [0.4, 0.5) is 17.2 Å². The number of nitrogens with two attached hydrogens (primary N) is 1. The Morgan fingerprint density at radius 1 is 1.14 bits per heavy atom. The van der Waals surface area contributed by atoms with E-state index in [1.165, 1.54) is 30.9 Å². The molecule has 0 unspecified atom stereocenters. The Morgan fingerprint density at radius 2 is 1.86 bits per heavy atom. The van der Waals surface area contributed by atoms with Gasteiger partial charge in [0, 0.05) is 24.5 Å². The zero-order valence-electron chi connectivity index (χ0n) is 11.6. The van der Waals surface area contributed by atoms with Crippen LogP contribution in [-0.2, 0) is 0 Å². The van der Waals surface area contributed by atoms with Gasteiger partial charge >= 0.3 is 0 Å². The maximum absolute atomic E-state index is 12.0. The lowest BCUT2D eigenvalue weighted by molar-refractivity contribution is 0.102. The number of nitrogen functional groups attached to an aromatic ring is 1. The predicted octanol–water partition coefficient (Wildman–Crippen LogP) is 1.91. The fourth-order valence-electron chi connectivity index (χ4n) is 2.42. The normalized spacial score (nSPS) is 14.2. The van der Waals surface area contributed by atoms with E-state index in [-0.39, 0.29) is 17.4 Å². The summed E-state index contributed by atoms with van der Waals surface area (Å²) in [6, 6.07) is 7.83. The van der Waals surface area contributed by atoms with Crippen molar-refractivity contribution in [1.82, 2.24) is 9.97 Å². The number of carbonyl (C=O) groups is 1. The third-order valence-corrected chi connectivity index (χ3v) is 3.48. The van der Waals surface area contributed by atoms with Crippen molar-refractivity contribution in [3.05, 3.63) is 42.4 Å². The molecule has 3 rings (SSSR count). The van der Waals surface area contributed by atoms with Crippen molar-refractivity contribution in [3.8, 4) is 0 Å². The average Bonchev–Trinajstić information content (AvgIpc) is 3.02. The van der Waals surface area contributed by atoms with E-state index in [2.05, 4.69) is 20.2 Å². The monoisotopic (exact) mass is 283 g/mol. The maximum atomic E-state index is 12.0. The molecule has 0 radical (unpaired) electrons. The van der Waals surface area contributed by atoms with Gasteiger partial charge in [-0.15, -0.1) is 0 Å². The van der Waals surface area contributed by atoms with Crippen LogP contribution in [0.15, 0.2) is 36.7 Å². The molecule has 1 saturated heterocycles. The van der Waals surface area contributed by atoms with Crippen LogP contribution in [0.1, 0.15) is 23.3 Å². The van der Waals surface area contributed by atoms with Crippen molar-refractivity contribution in [2.24, 2.45) is 0 Å². The van der Waals surface area contributed by atoms with Gasteiger partial charge in [0.1, 0.15) is 11.5 Å². The number of nitrogens with zero attached hydrogens (tertiary/aromatic N) is 3. The van der Waals surface area contributed by atoms with Gasteiger partial charge in [-0.05, 0) is 37.1 Å². The van der Waals surface area contributed by atoms with Gasteiger partial charge < -0.3 is 16.0 Å². The molecule has 21 heavy (non-hydrogen) atoms. The lowest BCUT2D eigenvalue weighted by Crippen LogP contribution is -2.18. The van der Waals surface area contributed by atoms with E-state index >= 15 is 0 Å². The number of anilines is 3. The topological polar surface area (TPSA) is 84.1 Å². The molecule has 1 fully saturated rings. The van der Waals surface area contributed by atoms with Gasteiger partial charge in [0.25, 0.3) is 5.91 Å². The first-order chi connectivity index (χ1) is 10.2. The smallest absolute Gasteiger partial charge is 0.275 e. The van der Waals surface area contributed by atoms with Crippen LogP contribution in [0.3, 0.4) is 0 Å². The summed E-state index contributed by atoms with van der Waals surface area (Å²) < 4.78 is 0. The minimum atomic E-state index is -0.316. The van der Waals surface area contributed by atoms with Crippen molar-refractivity contribution >= 4 is 23.1 Å². The molecule has 0 spiro atoms. The Bertz CT molecular complexity index is 635. The quantitative estimate of drug-likeness (QED) is 0.899. The summed E-state index contributed by atoms with van der Waals surface area (Å²) in [5.41, 5.74) is 7.65. The molecule has 1 aliphatic heterocycles. The van der Waals surface area contributed by atoms with Gasteiger partial charge in [0.2, 0.25) is 0 Å². The Morgan fingerprint density at radius 3 is 2.52 bits per heavy atom. The highest BCUT2D eigenvalue weighted by Crippen LogP contribution is 2.22. The van der Waals surface area contributed by atoms with Crippen LogP contribution in [0, 0.1) is 0 Å². The van der Waals surface area contributed by atoms with Crippen LogP contribution < -0.4 is 16.0 Å². The number of hydrogen-bond acceptors (Lipinski definition) is 5. The minimum absolute atomic E-state index is 0.207. The van der Waals surface area contributed by atoms with E-state index in [9.17, 15) is 4.79 Å². The van der Waals surface area contributed by atoms with E-state index in [1.807, 2.05) is 24.3 Å². The number of hydrogen-bond donors (Lipinski definition) is 2. The van der Waals surface area contributed by atoms with Gasteiger partial charge in [0.05, 0.1) is 12.4 Å². The summed E-state index contributed by atoms with van der Waals surface area (Å²) in [6.45, 7) is 2.20. The molecule has 0 bridgehead atoms. The van der Waals surface area contributed by atoms with Crippen molar-refractivity contribution in [1.29, 1.82) is 0 Å². The fraction of sp³-hybridized carbons (Fsp3) is 0.267. The highest BCUT2D eigenvalue weighted by atomic mass is 16.1. The van der Waals surface area contributed by atoms with Crippen LogP contribution in [0.25, 0.3) is 0 Å². The molecular formula is C15H17N5O. The molecule has 6 heteroatoms. The molecule has 1 aromatic heterocycles. The van der Waals surface area contributed by atoms with E-state index in [0.29, 0.717) is 0 Å². The highest BCUT2D eigenvalue weighted by molar-refractivity contribution is 6.02. The highest BCUT2D eigenvalue weighted by Gasteiger charge is 2.13. The minimum Gasteiger partial charge on any atom is -0.382 e. The number of carbonyl (C=O) groups excluding carboxylic acids is 1. The number of rotatable bonds is 3. The Hall–Kier alpha value is -2.63. The second-order valence-electron chi connectivity index (χ2n) is 5.02. The van der Waals surface area contributed by atoms with Crippen molar-refractivity contribution < 1.29 is 4.79 Å². The zero-order valence-corrected chi connectivity index (χ0v) is 11.6. The molecule has 6 nitrogen and oxygen atoms in total.